The molecule has 0 saturated heterocycles. The summed E-state index contributed by atoms with van der Waals surface area (Å²) < 4.78 is 21.8. The number of carboxylic acids is 1. The number of carbonyl (C=O) groups is 1. The molecule has 0 saturated carbocycles. The Morgan fingerprint density at radius 2 is 1.50 bits per heavy atom. The molecule has 3 aromatic rings. The van der Waals surface area contributed by atoms with Crippen LogP contribution in [0.4, 0.5) is 0 Å². The molecule has 0 fully saturated rings. The molecule has 3 rings (SSSR count). The predicted octanol–water partition coefficient (Wildman–Crippen LogP) is 3.27. The molecule has 44 heavy (non-hydrogen) atoms. The summed E-state index contributed by atoms with van der Waals surface area (Å²) in [4.78, 5) is 15.3. The summed E-state index contributed by atoms with van der Waals surface area (Å²) in [5.41, 5.74) is -0.504. The maximum absolute atomic E-state index is 13.1. The normalized spacial score (nSPS) is 14.5. The zero-order valence-corrected chi connectivity index (χ0v) is 26.9. The number of methoxy groups -OCH3 is 4. The van der Waals surface area contributed by atoms with Crippen molar-refractivity contribution in [1.82, 2.24) is 4.90 Å². The van der Waals surface area contributed by atoms with Crippen molar-refractivity contribution in [2.24, 2.45) is 0 Å². The summed E-state index contributed by atoms with van der Waals surface area (Å²) in [6.45, 7) is 4.96. The van der Waals surface area contributed by atoms with Gasteiger partial charge in [0.05, 0.1) is 34.5 Å². The summed E-state index contributed by atoms with van der Waals surface area (Å²) >= 11 is 0. The molecule has 0 heterocycles. The number of ether oxygens (including phenoxy) is 4. The minimum atomic E-state index is -1.64. The molecule has 1 unspecified atom stereocenters. The van der Waals surface area contributed by atoms with Gasteiger partial charge in [-0.3, -0.25) is 0 Å². The van der Waals surface area contributed by atoms with Gasteiger partial charge in [-0.1, -0.05) is 42.5 Å². The van der Waals surface area contributed by atoms with Gasteiger partial charge in [0.15, 0.2) is 28.5 Å². The molecule has 0 aromatic heterocycles. The highest BCUT2D eigenvalue weighted by molar-refractivity contribution is 5.78. The maximum Gasteiger partial charge on any atom is 0.161 e. The fraction of sp³-hybridized carbons (Fsp3) is 0.429. The van der Waals surface area contributed by atoms with E-state index in [0.29, 0.717) is 41.5 Å². The Balaban J connectivity index is 1.91. The number of likely N-dealkylation sites (N-methyl/N-ethyl adjacent to an activating group) is 1. The molecule has 9 heteroatoms. The molecule has 0 bridgehead atoms. The van der Waals surface area contributed by atoms with Gasteiger partial charge in [-0.15, -0.1) is 0 Å². The van der Waals surface area contributed by atoms with E-state index in [9.17, 15) is 15.2 Å². The summed E-state index contributed by atoms with van der Waals surface area (Å²) in [5.74, 6) is 0.979. The van der Waals surface area contributed by atoms with E-state index >= 15 is 0 Å². The van der Waals surface area contributed by atoms with E-state index in [-0.39, 0.29) is 12.5 Å². The fourth-order valence-corrected chi connectivity index (χ4v) is 5.86. The topological polar surface area (TPSA) is 121 Å². The van der Waals surface area contributed by atoms with Crippen LogP contribution in [0.15, 0.2) is 66.7 Å². The van der Waals surface area contributed by atoms with Crippen LogP contribution in [0.25, 0.3) is 0 Å². The SMILES string of the molecule is COc1ccc(CCN(C)CCCC(C#N)(c2ccc(OC)c(OC)c2)[C@@](C)([NH2+][C@@H](C)c2ccccc2)C(=O)[O-])cc1OC. The third-order valence-corrected chi connectivity index (χ3v) is 8.61. The number of aliphatic carboxylic acids is 1. The van der Waals surface area contributed by atoms with Gasteiger partial charge in [0.25, 0.3) is 0 Å². The van der Waals surface area contributed by atoms with E-state index in [0.717, 1.165) is 24.1 Å². The molecular weight excluding hydrogens is 558 g/mol. The largest absolute Gasteiger partial charge is 0.544 e. The number of carboxylic acid groups (broad SMARTS) is 1. The van der Waals surface area contributed by atoms with Gasteiger partial charge in [0.1, 0.15) is 17.4 Å². The molecule has 2 N–H and O–H groups in total. The summed E-state index contributed by atoms with van der Waals surface area (Å²) in [5, 5.41) is 25.8. The molecular formula is C35H45N3O6. The van der Waals surface area contributed by atoms with Crippen molar-refractivity contribution in [2.45, 2.75) is 50.1 Å². The van der Waals surface area contributed by atoms with E-state index in [1.54, 1.807) is 44.7 Å². The van der Waals surface area contributed by atoms with Crippen LogP contribution in [0.2, 0.25) is 0 Å². The minimum absolute atomic E-state index is 0.254. The third-order valence-electron chi connectivity index (χ3n) is 8.61. The molecule has 9 nitrogen and oxygen atoms in total. The molecule has 0 aliphatic rings. The number of hydrogen-bond donors (Lipinski definition) is 1. The predicted molar refractivity (Wildman–Crippen MR) is 167 cm³/mol. The maximum atomic E-state index is 13.1. The van der Waals surface area contributed by atoms with Gasteiger partial charge >= 0.3 is 0 Å². The Morgan fingerprint density at radius 3 is 2.07 bits per heavy atom. The van der Waals surface area contributed by atoms with Gasteiger partial charge in [0.2, 0.25) is 0 Å². The molecule has 3 atom stereocenters. The first-order chi connectivity index (χ1) is 21.1. The third kappa shape index (κ3) is 7.44. The fourth-order valence-electron chi connectivity index (χ4n) is 5.86. The average Bonchev–Trinajstić information content (AvgIpc) is 3.05. The van der Waals surface area contributed by atoms with Crippen LogP contribution in [0.3, 0.4) is 0 Å². The lowest BCUT2D eigenvalue weighted by Gasteiger charge is -2.44. The first-order valence-electron chi connectivity index (χ1n) is 14.7. The van der Waals surface area contributed by atoms with Crippen LogP contribution in [0.5, 0.6) is 23.0 Å². The number of nitriles is 1. The van der Waals surface area contributed by atoms with Crippen LogP contribution in [-0.2, 0) is 16.6 Å². The first kappa shape index (κ1) is 34.2. The highest BCUT2D eigenvalue weighted by Crippen LogP contribution is 2.41. The van der Waals surface area contributed by atoms with Crippen molar-refractivity contribution in [3.8, 4) is 29.1 Å². The van der Waals surface area contributed by atoms with Crippen molar-refractivity contribution in [1.29, 1.82) is 5.26 Å². The second kappa shape index (κ2) is 15.5. The summed E-state index contributed by atoms with van der Waals surface area (Å²) in [7, 11) is 8.30. The highest BCUT2D eigenvalue weighted by atomic mass is 16.5. The van der Waals surface area contributed by atoms with Crippen LogP contribution >= 0.6 is 0 Å². The second-order valence-electron chi connectivity index (χ2n) is 11.3. The Kier molecular flexibility index (Phi) is 12.0. The van der Waals surface area contributed by atoms with Gasteiger partial charge in [0, 0.05) is 12.1 Å². The number of benzene rings is 3. The van der Waals surface area contributed by atoms with Crippen LogP contribution < -0.4 is 29.4 Å². The lowest BCUT2D eigenvalue weighted by Crippen LogP contribution is -3.03. The van der Waals surface area contributed by atoms with Gasteiger partial charge in [-0.25, -0.2) is 0 Å². The lowest BCUT2D eigenvalue weighted by atomic mass is 9.63. The van der Waals surface area contributed by atoms with Crippen LogP contribution in [-0.4, -0.2) is 65.0 Å². The van der Waals surface area contributed by atoms with Gasteiger partial charge in [-0.05, 0) is 82.1 Å². The summed E-state index contributed by atoms with van der Waals surface area (Å²) in [6, 6.07) is 22.9. The van der Waals surface area contributed by atoms with Gasteiger partial charge < -0.3 is 39.1 Å². The Hall–Kier alpha value is -4.26. The molecule has 0 aliphatic carbocycles. The van der Waals surface area contributed by atoms with Crippen LogP contribution in [0.1, 0.15) is 49.4 Å². The van der Waals surface area contributed by atoms with Crippen LogP contribution in [0, 0.1) is 11.3 Å². The molecule has 236 valence electrons. The van der Waals surface area contributed by atoms with E-state index < -0.39 is 16.9 Å². The van der Waals surface area contributed by atoms with Crippen molar-refractivity contribution in [3.63, 3.8) is 0 Å². The van der Waals surface area contributed by atoms with E-state index in [4.69, 9.17) is 18.9 Å². The van der Waals surface area contributed by atoms with E-state index in [2.05, 4.69) is 11.0 Å². The average molecular weight is 604 g/mol. The number of carbonyl (C=O) groups excluding carboxylic acids is 1. The number of nitrogens with zero attached hydrogens (tertiary/aromatic N) is 2. The lowest BCUT2D eigenvalue weighted by molar-refractivity contribution is -0.756. The van der Waals surface area contributed by atoms with Crippen molar-refractivity contribution < 1.29 is 34.2 Å². The number of hydrogen-bond acceptors (Lipinski definition) is 8. The van der Waals surface area contributed by atoms with Gasteiger partial charge in [-0.2, -0.15) is 5.26 Å². The zero-order valence-electron chi connectivity index (χ0n) is 26.9. The molecule has 0 spiro atoms. The smallest absolute Gasteiger partial charge is 0.161 e. The number of rotatable bonds is 17. The minimum Gasteiger partial charge on any atom is -0.544 e. The van der Waals surface area contributed by atoms with E-state index in [1.165, 1.54) is 14.2 Å². The first-order valence-corrected chi connectivity index (χ1v) is 14.7. The molecule has 0 aliphatic heterocycles. The number of nitrogens with two attached hydrogens (primary N) is 1. The molecule has 3 aromatic carbocycles. The Bertz CT molecular complexity index is 1430. The molecule has 0 amide bonds. The standard InChI is InChI=1S/C35H45N3O6/c1-25(27-12-9-8-10-13-27)37-34(2,33(39)40)35(24-36,28-15-17-30(42-5)32(23-28)44-7)19-11-20-38(3)21-18-26-14-16-29(41-4)31(22-26)43-6/h8-10,12-17,22-23,25,37H,11,18-21H2,1-7H3,(H,39,40)/t25-,34-,35?/m0/s1. The zero-order chi connectivity index (χ0) is 32.3. The Labute approximate surface area is 261 Å². The second-order valence-corrected chi connectivity index (χ2v) is 11.3. The van der Waals surface area contributed by atoms with Crippen molar-refractivity contribution >= 4 is 5.97 Å². The summed E-state index contributed by atoms with van der Waals surface area (Å²) in [6.07, 6.45) is 1.64. The number of quaternary nitrogens is 1. The highest BCUT2D eigenvalue weighted by Gasteiger charge is 2.55. The molecule has 0 radical (unpaired) electrons. The van der Waals surface area contributed by atoms with E-state index in [1.807, 2.05) is 62.5 Å². The van der Waals surface area contributed by atoms with Crippen molar-refractivity contribution in [3.05, 3.63) is 83.4 Å². The quantitative estimate of drug-likeness (QED) is 0.250. The monoisotopic (exact) mass is 603 g/mol. The van der Waals surface area contributed by atoms with Crippen molar-refractivity contribution in [2.75, 3.05) is 48.6 Å². The Morgan fingerprint density at radius 1 is 0.909 bits per heavy atom.